The van der Waals surface area contributed by atoms with Gasteiger partial charge in [-0.3, -0.25) is 14.8 Å². The van der Waals surface area contributed by atoms with Crippen molar-refractivity contribution in [1.82, 2.24) is 15.0 Å². The molecule has 0 fully saturated rings. The van der Waals surface area contributed by atoms with Gasteiger partial charge in [-0.05, 0) is 17.7 Å². The fourth-order valence-electron chi connectivity index (χ4n) is 1.67. The zero-order chi connectivity index (χ0) is 15.0. The van der Waals surface area contributed by atoms with Gasteiger partial charge in [0, 0.05) is 5.75 Å². The Kier molecular flexibility index (Phi) is 4.08. The molecular formula is C12H7Cl2N3O2S2. The number of hydrogen-bond donors (Lipinski definition) is 2. The van der Waals surface area contributed by atoms with Crippen molar-refractivity contribution in [3.63, 3.8) is 0 Å². The van der Waals surface area contributed by atoms with E-state index in [-0.39, 0.29) is 0 Å². The fourth-order valence-corrected chi connectivity index (χ4v) is 3.93. The van der Waals surface area contributed by atoms with Gasteiger partial charge in [-0.15, -0.1) is 11.3 Å². The van der Waals surface area contributed by atoms with Crippen LogP contribution in [0, 0.1) is 0 Å². The molecule has 9 heteroatoms. The topological polar surface area (TPSA) is 78.6 Å². The number of hydrogen-bond acceptors (Lipinski definition) is 5. The molecule has 5 nitrogen and oxygen atoms in total. The molecule has 21 heavy (non-hydrogen) atoms. The molecule has 0 aliphatic rings. The van der Waals surface area contributed by atoms with Crippen molar-refractivity contribution in [2.75, 3.05) is 0 Å². The Morgan fingerprint density at radius 1 is 1.19 bits per heavy atom. The molecule has 3 aromatic rings. The lowest BCUT2D eigenvalue weighted by atomic mass is 10.2. The number of aromatic amines is 2. The number of thioether (sulfide) groups is 1. The van der Waals surface area contributed by atoms with E-state index in [0.29, 0.717) is 30.5 Å². The predicted molar refractivity (Wildman–Crippen MR) is 86.9 cm³/mol. The second-order valence-corrected chi connectivity index (χ2v) is 7.14. The molecule has 2 aromatic heterocycles. The molecule has 0 spiro atoms. The number of nitrogens with zero attached hydrogens (tertiary/aromatic N) is 1. The lowest BCUT2D eigenvalue weighted by Gasteiger charge is -2.01. The number of benzene rings is 1. The molecule has 0 unspecified atom stereocenters. The Hall–Kier alpha value is -1.28. The van der Waals surface area contributed by atoms with Gasteiger partial charge in [0.25, 0.3) is 5.56 Å². The van der Waals surface area contributed by atoms with Crippen LogP contribution in [0.2, 0.25) is 10.0 Å². The summed E-state index contributed by atoms with van der Waals surface area (Å²) < 4.78 is 1.11. The highest BCUT2D eigenvalue weighted by atomic mass is 35.5. The van der Waals surface area contributed by atoms with Crippen LogP contribution < -0.4 is 11.2 Å². The van der Waals surface area contributed by atoms with Gasteiger partial charge in [-0.25, -0.2) is 9.78 Å². The molecule has 0 atom stereocenters. The third-order valence-corrected chi connectivity index (χ3v) is 5.63. The minimum Gasteiger partial charge on any atom is -0.291 e. The Balaban J connectivity index is 1.85. The van der Waals surface area contributed by atoms with Gasteiger partial charge >= 0.3 is 5.69 Å². The number of nitrogens with one attached hydrogen (secondary N) is 2. The molecule has 108 valence electrons. The normalized spacial score (nSPS) is 11.1. The molecule has 0 radical (unpaired) electrons. The van der Waals surface area contributed by atoms with Gasteiger partial charge in [-0.2, -0.15) is 0 Å². The Bertz CT molecular complexity index is 932. The van der Waals surface area contributed by atoms with E-state index >= 15 is 0 Å². The summed E-state index contributed by atoms with van der Waals surface area (Å²) in [6.45, 7) is 0. The Morgan fingerprint density at radius 2 is 2.00 bits per heavy atom. The summed E-state index contributed by atoms with van der Waals surface area (Å²) in [6.07, 6.45) is 0. The van der Waals surface area contributed by atoms with Gasteiger partial charge in [0.1, 0.15) is 4.70 Å². The van der Waals surface area contributed by atoms with E-state index < -0.39 is 11.2 Å². The van der Waals surface area contributed by atoms with Gasteiger partial charge in [0.15, 0.2) is 9.99 Å². The van der Waals surface area contributed by atoms with Crippen LogP contribution in [-0.4, -0.2) is 15.0 Å². The smallest absolute Gasteiger partial charge is 0.291 e. The van der Waals surface area contributed by atoms with E-state index in [4.69, 9.17) is 23.2 Å². The standard InChI is InChI=1S/C12H7Cl2N3O2S2/c13-6-2-1-5(3-7(6)14)4-20-12-16-9-8(21-12)10(18)17-11(19)15-9/h1-3H,4H2,(H2,15,17,18,19). The maximum Gasteiger partial charge on any atom is 0.327 e. The molecule has 1 aromatic carbocycles. The van der Waals surface area contributed by atoms with E-state index in [0.717, 1.165) is 5.56 Å². The van der Waals surface area contributed by atoms with E-state index in [1.165, 1.54) is 23.1 Å². The van der Waals surface area contributed by atoms with E-state index in [1.54, 1.807) is 12.1 Å². The first-order chi connectivity index (χ1) is 10.0. The third kappa shape index (κ3) is 3.16. The second-order valence-electron chi connectivity index (χ2n) is 4.10. The first-order valence-electron chi connectivity index (χ1n) is 5.73. The van der Waals surface area contributed by atoms with Crippen LogP contribution in [0.3, 0.4) is 0 Å². The van der Waals surface area contributed by atoms with Gasteiger partial charge in [0.05, 0.1) is 10.0 Å². The molecule has 3 rings (SSSR count). The van der Waals surface area contributed by atoms with Crippen molar-refractivity contribution in [2.45, 2.75) is 10.1 Å². The van der Waals surface area contributed by atoms with Crippen molar-refractivity contribution in [3.05, 3.63) is 54.6 Å². The zero-order valence-corrected chi connectivity index (χ0v) is 13.4. The Labute approximate surface area is 136 Å². The van der Waals surface area contributed by atoms with Crippen LogP contribution in [-0.2, 0) is 5.75 Å². The average Bonchev–Trinajstić information content (AvgIpc) is 2.83. The minimum absolute atomic E-state index is 0.311. The number of H-pyrrole nitrogens is 2. The van der Waals surface area contributed by atoms with Crippen molar-refractivity contribution >= 4 is 56.6 Å². The SMILES string of the molecule is O=c1[nH]c(=O)c2sc(SCc3ccc(Cl)c(Cl)c3)nc2[nH]1. The van der Waals surface area contributed by atoms with Crippen LogP contribution in [0.25, 0.3) is 10.3 Å². The molecule has 2 heterocycles. The number of rotatable bonds is 3. The highest BCUT2D eigenvalue weighted by molar-refractivity contribution is 8.00. The van der Waals surface area contributed by atoms with Crippen LogP contribution in [0.1, 0.15) is 5.56 Å². The van der Waals surface area contributed by atoms with Crippen LogP contribution in [0.15, 0.2) is 32.1 Å². The maximum absolute atomic E-state index is 11.6. The van der Waals surface area contributed by atoms with Crippen molar-refractivity contribution < 1.29 is 0 Å². The second kappa shape index (κ2) is 5.84. The van der Waals surface area contributed by atoms with Crippen LogP contribution in [0.5, 0.6) is 0 Å². The summed E-state index contributed by atoms with van der Waals surface area (Å²) in [6, 6.07) is 5.41. The zero-order valence-electron chi connectivity index (χ0n) is 10.3. The summed E-state index contributed by atoms with van der Waals surface area (Å²) >= 11 is 14.5. The van der Waals surface area contributed by atoms with Crippen molar-refractivity contribution in [2.24, 2.45) is 0 Å². The Morgan fingerprint density at radius 3 is 2.76 bits per heavy atom. The monoisotopic (exact) mass is 359 g/mol. The molecule has 0 amide bonds. The van der Waals surface area contributed by atoms with E-state index in [1.807, 2.05) is 6.07 Å². The number of fused-ring (bicyclic) bond motifs is 1. The molecule has 0 saturated carbocycles. The highest BCUT2D eigenvalue weighted by Crippen LogP contribution is 2.30. The summed E-state index contributed by atoms with van der Waals surface area (Å²) in [7, 11) is 0. The van der Waals surface area contributed by atoms with Crippen molar-refractivity contribution in [3.8, 4) is 0 Å². The number of aromatic nitrogens is 3. The minimum atomic E-state index is -0.557. The number of thiazole rings is 1. The molecule has 0 saturated heterocycles. The fraction of sp³-hybridized carbons (Fsp3) is 0.0833. The van der Waals surface area contributed by atoms with Crippen LogP contribution >= 0.6 is 46.3 Å². The number of halogens is 2. The summed E-state index contributed by atoms with van der Waals surface area (Å²) in [5, 5.41) is 1.01. The van der Waals surface area contributed by atoms with Crippen molar-refractivity contribution in [1.29, 1.82) is 0 Å². The summed E-state index contributed by atoms with van der Waals surface area (Å²) in [4.78, 5) is 31.7. The average molecular weight is 360 g/mol. The highest BCUT2D eigenvalue weighted by Gasteiger charge is 2.09. The van der Waals surface area contributed by atoms with E-state index in [9.17, 15) is 9.59 Å². The molecule has 0 aliphatic carbocycles. The molecule has 0 aliphatic heterocycles. The van der Waals surface area contributed by atoms with Gasteiger partial charge < -0.3 is 0 Å². The lowest BCUT2D eigenvalue weighted by molar-refractivity contribution is 1.06. The quantitative estimate of drug-likeness (QED) is 0.703. The first kappa shape index (κ1) is 14.6. The predicted octanol–water partition coefficient (Wildman–Crippen LogP) is 3.27. The van der Waals surface area contributed by atoms with Gasteiger partial charge in [0.2, 0.25) is 0 Å². The first-order valence-corrected chi connectivity index (χ1v) is 8.28. The summed E-state index contributed by atoms with van der Waals surface area (Å²) in [5.74, 6) is 0.638. The molecular weight excluding hydrogens is 353 g/mol. The summed E-state index contributed by atoms with van der Waals surface area (Å²) in [5.41, 5.74) is 0.327. The largest absolute Gasteiger partial charge is 0.327 e. The maximum atomic E-state index is 11.6. The molecule has 2 N–H and O–H groups in total. The van der Waals surface area contributed by atoms with E-state index in [2.05, 4.69) is 15.0 Å². The van der Waals surface area contributed by atoms with Gasteiger partial charge in [-0.1, -0.05) is 41.0 Å². The van der Waals surface area contributed by atoms with Crippen LogP contribution in [0.4, 0.5) is 0 Å². The lowest BCUT2D eigenvalue weighted by Crippen LogP contribution is -2.20. The molecule has 0 bridgehead atoms. The third-order valence-electron chi connectivity index (χ3n) is 2.62.